The van der Waals surface area contributed by atoms with Crippen LogP contribution in [0.15, 0.2) is 42.5 Å². The second kappa shape index (κ2) is 12.3. The summed E-state index contributed by atoms with van der Waals surface area (Å²) in [5.41, 5.74) is 6.87. The Morgan fingerprint density at radius 3 is 2.64 bits per heavy atom. The van der Waals surface area contributed by atoms with Crippen LogP contribution in [0.5, 0.6) is 0 Å². The van der Waals surface area contributed by atoms with Crippen molar-refractivity contribution in [1.82, 2.24) is 15.1 Å². The van der Waals surface area contributed by atoms with Crippen LogP contribution in [-0.4, -0.2) is 84.1 Å². The van der Waals surface area contributed by atoms with Crippen molar-refractivity contribution in [3.8, 4) is 11.1 Å². The summed E-state index contributed by atoms with van der Waals surface area (Å²) in [7, 11) is 1.28. The third-order valence-corrected chi connectivity index (χ3v) is 7.95. The van der Waals surface area contributed by atoms with Gasteiger partial charge in [0.2, 0.25) is 0 Å². The van der Waals surface area contributed by atoms with E-state index in [1.54, 1.807) is 21.9 Å². The van der Waals surface area contributed by atoms with Crippen molar-refractivity contribution in [3.63, 3.8) is 0 Å². The number of nitrogens with two attached hydrogens (primary N) is 1. The average Bonchev–Trinajstić information content (AvgIpc) is 3.28. The zero-order valence-corrected chi connectivity index (χ0v) is 22.6. The first kappa shape index (κ1) is 28.8. The third kappa shape index (κ3) is 6.34. The number of aliphatic hydroxyl groups is 2. The van der Waals surface area contributed by atoms with E-state index in [0.717, 1.165) is 5.56 Å². The quantitative estimate of drug-likeness (QED) is 0.399. The maximum Gasteiger partial charge on any atom is 0.406 e. The van der Waals surface area contributed by atoms with Crippen molar-refractivity contribution >= 4 is 12.1 Å². The van der Waals surface area contributed by atoms with Gasteiger partial charge < -0.3 is 35.8 Å². The van der Waals surface area contributed by atoms with E-state index in [2.05, 4.69) is 10.1 Å². The zero-order valence-electron chi connectivity index (χ0n) is 22.6. The van der Waals surface area contributed by atoms with Crippen molar-refractivity contribution in [2.24, 2.45) is 11.7 Å². The van der Waals surface area contributed by atoms with Crippen molar-refractivity contribution in [2.45, 2.75) is 50.4 Å². The monoisotopic (exact) mass is 542 g/mol. The van der Waals surface area contributed by atoms with Gasteiger partial charge in [0.25, 0.3) is 0 Å². The number of β-amino-alcohol motifs (C(OH)–C–C–N with tert-alkyl or cyclic N) is 1. The van der Waals surface area contributed by atoms with Crippen molar-refractivity contribution in [1.29, 1.82) is 0 Å². The van der Waals surface area contributed by atoms with Crippen molar-refractivity contribution in [3.05, 3.63) is 59.4 Å². The molecule has 9 nitrogen and oxygen atoms in total. The molecule has 0 bridgehead atoms. The van der Waals surface area contributed by atoms with Gasteiger partial charge in [-0.05, 0) is 49.8 Å². The smallest absolute Gasteiger partial charge is 0.406 e. The molecule has 2 aliphatic rings. The predicted molar refractivity (Wildman–Crippen MR) is 145 cm³/mol. The fourth-order valence-corrected chi connectivity index (χ4v) is 5.87. The third-order valence-electron chi connectivity index (χ3n) is 7.95. The Balaban J connectivity index is 1.67. The second-order valence-electron chi connectivity index (χ2n) is 10.7. The molecule has 2 aromatic carbocycles. The number of nitrogens with one attached hydrogen (secondary N) is 1. The van der Waals surface area contributed by atoms with E-state index in [4.69, 9.17) is 5.73 Å². The number of benzene rings is 2. The van der Waals surface area contributed by atoms with E-state index in [9.17, 15) is 19.8 Å². The minimum absolute atomic E-state index is 0.173. The Morgan fingerprint density at radius 2 is 1.95 bits per heavy atom. The van der Waals surface area contributed by atoms with Crippen LogP contribution in [0.1, 0.15) is 36.8 Å². The molecule has 4 atom stereocenters. The van der Waals surface area contributed by atoms with Crippen molar-refractivity contribution < 1.29 is 28.9 Å². The van der Waals surface area contributed by atoms with Gasteiger partial charge in [0.15, 0.2) is 0 Å². The normalized spacial score (nSPS) is 22.9. The van der Waals surface area contributed by atoms with Crippen LogP contribution in [-0.2, 0) is 10.3 Å². The number of carbonyl (C=O) groups excluding carboxylic acids is 2. The van der Waals surface area contributed by atoms with Crippen LogP contribution in [0.4, 0.5) is 14.0 Å². The molecule has 0 spiro atoms. The molecule has 2 saturated heterocycles. The van der Waals surface area contributed by atoms with Gasteiger partial charge in [-0.1, -0.05) is 42.0 Å². The molecule has 2 aliphatic heterocycles. The summed E-state index contributed by atoms with van der Waals surface area (Å²) < 4.78 is 20.2. The summed E-state index contributed by atoms with van der Waals surface area (Å²) in [6.45, 7) is 3.43. The first-order chi connectivity index (χ1) is 18.6. The Hall–Kier alpha value is -3.21. The van der Waals surface area contributed by atoms with Gasteiger partial charge in [-0.25, -0.2) is 14.0 Å². The highest BCUT2D eigenvalue weighted by Gasteiger charge is 2.44. The van der Waals surface area contributed by atoms with Crippen molar-refractivity contribution in [2.75, 3.05) is 39.8 Å². The number of urea groups is 1. The lowest BCUT2D eigenvalue weighted by Gasteiger charge is -2.44. The van der Waals surface area contributed by atoms with Crippen LogP contribution >= 0.6 is 0 Å². The molecule has 212 valence electrons. The predicted octanol–water partition coefficient (Wildman–Crippen LogP) is 2.96. The van der Waals surface area contributed by atoms with Crippen LogP contribution < -0.4 is 11.1 Å². The Morgan fingerprint density at radius 1 is 1.18 bits per heavy atom. The zero-order chi connectivity index (χ0) is 28.2. The van der Waals surface area contributed by atoms with Gasteiger partial charge in [-0.3, -0.25) is 0 Å². The molecule has 2 aromatic rings. The number of ether oxygens (including phenoxy) is 1. The number of carbonyl (C=O) groups is 2. The molecule has 2 fully saturated rings. The number of alkyl carbamates (subject to hydrolysis) is 1. The summed E-state index contributed by atoms with van der Waals surface area (Å²) in [6, 6.07) is 11.5. The number of piperidine rings is 1. The molecule has 5 N–H and O–H groups in total. The van der Waals surface area contributed by atoms with Gasteiger partial charge in [-0.2, -0.15) is 0 Å². The molecule has 0 aliphatic carbocycles. The van der Waals surface area contributed by atoms with E-state index in [0.29, 0.717) is 42.5 Å². The molecule has 3 amide bonds. The molecule has 2 heterocycles. The molecular weight excluding hydrogens is 503 g/mol. The Bertz CT molecular complexity index is 1170. The average molecular weight is 543 g/mol. The Kier molecular flexibility index (Phi) is 9.09. The van der Waals surface area contributed by atoms with E-state index in [1.165, 1.54) is 13.2 Å². The molecule has 10 heteroatoms. The SMILES string of the molecule is COC(=O)NCCC[C@@](O)(c1cccc(F)c1-c1cccc(C)c1)[C@@H]1CCCN(C(=O)N2C[C@@H](N)[C@@H](O)C2)C1. The van der Waals surface area contributed by atoms with Gasteiger partial charge in [0.1, 0.15) is 5.82 Å². The standard InChI is InChI=1S/C29H39FN4O5/c1-19-7-3-8-20(15-19)26-22(10-4-11-23(26)30)29(38,12-6-13-32-27(36)39-2)21-9-5-14-33(16-21)28(37)34-17-24(31)25(35)18-34/h3-4,7-8,10-11,15,21,24-25,35,38H,5-6,9,12-14,16-18,31H2,1-2H3,(H,32,36)/t21-,24-,25+,29+/m1/s1. The van der Waals surface area contributed by atoms with Crippen LogP contribution in [0.3, 0.4) is 0 Å². The van der Waals surface area contributed by atoms with Gasteiger partial charge >= 0.3 is 12.1 Å². The summed E-state index contributed by atoms with van der Waals surface area (Å²) in [5.74, 6) is -0.826. The number of amides is 3. The molecule has 4 rings (SSSR count). The summed E-state index contributed by atoms with van der Waals surface area (Å²) >= 11 is 0. The first-order valence-electron chi connectivity index (χ1n) is 13.5. The molecule has 0 aromatic heterocycles. The summed E-state index contributed by atoms with van der Waals surface area (Å²) in [5, 5.41) is 25.2. The maximum absolute atomic E-state index is 15.5. The maximum atomic E-state index is 15.5. The molecular formula is C29H39FN4O5. The highest BCUT2D eigenvalue weighted by atomic mass is 19.1. The number of methoxy groups -OCH3 is 1. The van der Waals surface area contributed by atoms with Crippen LogP contribution in [0, 0.1) is 18.7 Å². The van der Waals surface area contributed by atoms with Gasteiger partial charge in [0, 0.05) is 50.2 Å². The Labute approximate surface area is 228 Å². The first-order valence-corrected chi connectivity index (χ1v) is 13.5. The number of aryl methyl sites for hydroxylation is 1. The fourth-order valence-electron chi connectivity index (χ4n) is 5.87. The fraction of sp³-hybridized carbons (Fsp3) is 0.517. The number of hydrogen-bond acceptors (Lipinski definition) is 6. The number of aliphatic hydroxyl groups excluding tert-OH is 1. The van der Waals surface area contributed by atoms with E-state index in [-0.39, 0.29) is 44.5 Å². The lowest BCUT2D eigenvalue weighted by molar-refractivity contribution is -0.0562. The summed E-state index contributed by atoms with van der Waals surface area (Å²) in [4.78, 5) is 28.2. The summed E-state index contributed by atoms with van der Waals surface area (Å²) in [6.07, 6.45) is 0.614. The lowest BCUT2D eigenvalue weighted by atomic mass is 9.72. The van der Waals surface area contributed by atoms with Crippen LogP contribution in [0.25, 0.3) is 11.1 Å². The lowest BCUT2D eigenvalue weighted by Crippen LogP contribution is -2.52. The molecule has 0 saturated carbocycles. The molecule has 0 unspecified atom stereocenters. The topological polar surface area (TPSA) is 128 Å². The second-order valence-corrected chi connectivity index (χ2v) is 10.7. The van der Waals surface area contributed by atoms with Gasteiger partial charge in [-0.15, -0.1) is 0 Å². The highest BCUT2D eigenvalue weighted by molar-refractivity contribution is 5.75. The number of nitrogens with zero attached hydrogens (tertiary/aromatic N) is 2. The highest BCUT2D eigenvalue weighted by Crippen LogP contribution is 2.44. The van der Waals surface area contributed by atoms with E-state index in [1.807, 2.05) is 31.2 Å². The number of halogens is 1. The number of rotatable bonds is 7. The van der Waals surface area contributed by atoms with E-state index < -0.39 is 29.7 Å². The minimum atomic E-state index is -1.49. The van der Waals surface area contributed by atoms with E-state index >= 15 is 4.39 Å². The molecule has 39 heavy (non-hydrogen) atoms. The largest absolute Gasteiger partial charge is 0.453 e. The molecule has 0 radical (unpaired) electrons. The van der Waals surface area contributed by atoms with Crippen LogP contribution in [0.2, 0.25) is 0 Å². The number of hydrogen-bond donors (Lipinski definition) is 4. The number of likely N-dealkylation sites (tertiary alicyclic amines) is 2. The van der Waals surface area contributed by atoms with Gasteiger partial charge in [0.05, 0.1) is 18.8 Å². The minimum Gasteiger partial charge on any atom is -0.453 e.